The lowest BCUT2D eigenvalue weighted by Gasteiger charge is -2.16. The molecule has 3 aromatic rings. The average molecular weight is 359 g/mol. The van der Waals surface area contributed by atoms with Crippen molar-refractivity contribution in [3.05, 3.63) is 69.6 Å². The summed E-state index contributed by atoms with van der Waals surface area (Å²) in [5.41, 5.74) is 1.56. The number of anilines is 1. The van der Waals surface area contributed by atoms with Gasteiger partial charge in [0.05, 0.1) is 23.0 Å². The van der Waals surface area contributed by atoms with E-state index in [9.17, 15) is 4.79 Å². The Labute approximate surface area is 150 Å². The van der Waals surface area contributed by atoms with Gasteiger partial charge in [-0.1, -0.05) is 18.5 Å². The van der Waals surface area contributed by atoms with E-state index in [0.717, 1.165) is 5.56 Å². The van der Waals surface area contributed by atoms with Crippen LogP contribution in [-0.4, -0.2) is 24.7 Å². The van der Waals surface area contributed by atoms with E-state index in [2.05, 4.69) is 25.4 Å². The highest BCUT2D eigenvalue weighted by atomic mass is 35.5. The third-order valence-corrected chi connectivity index (χ3v) is 4.08. The summed E-state index contributed by atoms with van der Waals surface area (Å²) in [5, 5.41) is 7.97. The first-order valence-electron chi connectivity index (χ1n) is 7.97. The van der Waals surface area contributed by atoms with E-state index in [4.69, 9.17) is 11.6 Å². The fourth-order valence-corrected chi connectivity index (χ4v) is 2.71. The molecule has 0 saturated carbocycles. The van der Waals surface area contributed by atoms with Crippen LogP contribution in [0, 0.1) is 0 Å². The molecule has 0 radical (unpaired) electrons. The second-order valence-corrected chi connectivity index (χ2v) is 6.38. The van der Waals surface area contributed by atoms with Crippen molar-refractivity contribution in [2.45, 2.75) is 32.4 Å². The topological polar surface area (TPSA) is 88.5 Å². The second-order valence-electron chi connectivity index (χ2n) is 5.95. The Morgan fingerprint density at radius 2 is 2.08 bits per heavy atom. The summed E-state index contributed by atoms with van der Waals surface area (Å²) in [6, 6.07) is 5.34. The van der Waals surface area contributed by atoms with Gasteiger partial charge in [0.15, 0.2) is 0 Å². The van der Waals surface area contributed by atoms with E-state index in [1.807, 2.05) is 26.0 Å². The number of halogens is 1. The van der Waals surface area contributed by atoms with Crippen LogP contribution in [0.4, 0.5) is 5.95 Å². The molecule has 3 heterocycles. The molecule has 0 aliphatic heterocycles. The van der Waals surface area contributed by atoms with Crippen LogP contribution >= 0.6 is 11.6 Å². The minimum atomic E-state index is -0.195. The average Bonchev–Trinajstić information content (AvgIpc) is 3.00. The highest BCUT2D eigenvalue weighted by molar-refractivity contribution is 6.30. The predicted octanol–water partition coefficient (Wildman–Crippen LogP) is 2.99. The van der Waals surface area contributed by atoms with Gasteiger partial charge in [0.1, 0.15) is 0 Å². The van der Waals surface area contributed by atoms with E-state index in [0.29, 0.717) is 23.2 Å². The molecule has 0 spiro atoms. The molecule has 2 N–H and O–H groups in total. The maximum atomic E-state index is 12.0. The molecule has 0 saturated heterocycles. The molecule has 0 fully saturated rings. The first-order chi connectivity index (χ1) is 12.0. The van der Waals surface area contributed by atoms with Gasteiger partial charge in [-0.3, -0.25) is 19.4 Å². The van der Waals surface area contributed by atoms with E-state index in [1.165, 1.54) is 6.07 Å². The number of aromatic amines is 1. The molecule has 130 valence electrons. The van der Waals surface area contributed by atoms with Crippen molar-refractivity contribution in [2.24, 2.45) is 0 Å². The number of hydrogen-bond acceptors (Lipinski definition) is 5. The summed E-state index contributed by atoms with van der Waals surface area (Å²) in [5.74, 6) is 0.451. The van der Waals surface area contributed by atoms with Gasteiger partial charge in [0.25, 0.3) is 5.56 Å². The highest BCUT2D eigenvalue weighted by Gasteiger charge is 2.13. The molecule has 8 heteroatoms. The Hall–Kier alpha value is -2.67. The van der Waals surface area contributed by atoms with Gasteiger partial charge in [-0.2, -0.15) is 5.10 Å². The van der Waals surface area contributed by atoms with Crippen LogP contribution in [0.5, 0.6) is 0 Å². The molecule has 3 aromatic heterocycles. The molecule has 0 aromatic carbocycles. The van der Waals surface area contributed by atoms with Gasteiger partial charge >= 0.3 is 0 Å². The van der Waals surface area contributed by atoms with Gasteiger partial charge in [0.2, 0.25) is 5.95 Å². The van der Waals surface area contributed by atoms with Crippen molar-refractivity contribution in [3.8, 4) is 0 Å². The molecule has 0 bridgehead atoms. The molecule has 7 nitrogen and oxygen atoms in total. The van der Waals surface area contributed by atoms with Crippen LogP contribution in [0.1, 0.15) is 37.1 Å². The molecule has 3 rings (SSSR count). The Morgan fingerprint density at radius 1 is 1.32 bits per heavy atom. The molecule has 0 aliphatic carbocycles. The van der Waals surface area contributed by atoms with Crippen LogP contribution in [0.15, 0.2) is 47.8 Å². The van der Waals surface area contributed by atoms with Crippen molar-refractivity contribution < 1.29 is 0 Å². The third kappa shape index (κ3) is 4.45. The molecular formula is C17H19ClN6O. The predicted molar refractivity (Wildman–Crippen MR) is 96.8 cm³/mol. The Morgan fingerprint density at radius 3 is 2.76 bits per heavy atom. The Balaban J connectivity index is 1.77. The third-order valence-electron chi connectivity index (χ3n) is 3.89. The van der Waals surface area contributed by atoms with E-state index in [-0.39, 0.29) is 17.5 Å². The maximum absolute atomic E-state index is 12.0. The van der Waals surface area contributed by atoms with Gasteiger partial charge in [-0.05, 0) is 24.6 Å². The first-order valence-corrected chi connectivity index (χ1v) is 8.34. The number of aromatic nitrogens is 5. The number of pyridine rings is 1. The first kappa shape index (κ1) is 17.2. The van der Waals surface area contributed by atoms with Crippen molar-refractivity contribution in [1.29, 1.82) is 0 Å². The summed E-state index contributed by atoms with van der Waals surface area (Å²) < 4.78 is 1.74. The lowest BCUT2D eigenvalue weighted by molar-refractivity contribution is 0.533. The number of nitrogens with one attached hydrogen (secondary N) is 2. The zero-order valence-corrected chi connectivity index (χ0v) is 14.7. The standard InChI is InChI=1S/C17H19ClN6O/c1-11(9-24-10-14(18)8-20-24)15-7-16(25)23-17(22-15)21-12(2)13-3-5-19-6-4-13/h3-8,10-12H,9H2,1-2H3,(H2,21,22,23,25)/t11-,12-/m1/s1. The molecule has 0 unspecified atom stereocenters. The summed E-state index contributed by atoms with van der Waals surface area (Å²) in [4.78, 5) is 23.3. The summed E-state index contributed by atoms with van der Waals surface area (Å²) in [6.07, 6.45) is 6.80. The zero-order valence-electron chi connectivity index (χ0n) is 14.0. The monoisotopic (exact) mass is 358 g/mol. The fraction of sp³-hybridized carbons (Fsp3) is 0.294. The quantitative estimate of drug-likeness (QED) is 0.707. The van der Waals surface area contributed by atoms with Gasteiger partial charge in [0, 0.05) is 37.1 Å². The largest absolute Gasteiger partial charge is 0.349 e. The van der Waals surface area contributed by atoms with Crippen LogP contribution in [-0.2, 0) is 6.54 Å². The number of H-pyrrole nitrogens is 1. The van der Waals surface area contributed by atoms with Crippen molar-refractivity contribution in [1.82, 2.24) is 24.7 Å². The number of hydrogen-bond donors (Lipinski definition) is 2. The van der Waals surface area contributed by atoms with E-state index >= 15 is 0 Å². The second kappa shape index (κ2) is 7.48. The zero-order chi connectivity index (χ0) is 17.8. The van der Waals surface area contributed by atoms with Crippen LogP contribution in [0.2, 0.25) is 5.02 Å². The van der Waals surface area contributed by atoms with E-state index in [1.54, 1.807) is 29.5 Å². The smallest absolute Gasteiger partial charge is 0.252 e. The van der Waals surface area contributed by atoms with Crippen molar-refractivity contribution in [3.63, 3.8) is 0 Å². The van der Waals surface area contributed by atoms with Crippen molar-refractivity contribution >= 4 is 17.5 Å². The van der Waals surface area contributed by atoms with E-state index < -0.39 is 0 Å². The molecule has 2 atom stereocenters. The minimum absolute atomic E-state index is 0.00930. The summed E-state index contributed by atoms with van der Waals surface area (Å²) in [7, 11) is 0. The summed E-state index contributed by atoms with van der Waals surface area (Å²) >= 11 is 5.89. The fourth-order valence-electron chi connectivity index (χ4n) is 2.55. The SMILES string of the molecule is C[C@H](Cn1cc(Cl)cn1)c1cc(=O)[nH]c(N[C@H](C)c2ccncc2)n1. The normalized spacial score (nSPS) is 13.4. The Kier molecular flexibility index (Phi) is 5.14. The maximum Gasteiger partial charge on any atom is 0.252 e. The Bertz CT molecular complexity index is 891. The van der Waals surface area contributed by atoms with Gasteiger partial charge in [-0.15, -0.1) is 0 Å². The molecule has 25 heavy (non-hydrogen) atoms. The number of rotatable bonds is 6. The van der Waals surface area contributed by atoms with Crippen LogP contribution in [0.25, 0.3) is 0 Å². The van der Waals surface area contributed by atoms with Crippen LogP contribution < -0.4 is 10.9 Å². The lowest BCUT2D eigenvalue weighted by Crippen LogP contribution is -2.18. The number of nitrogens with zero attached hydrogens (tertiary/aromatic N) is 4. The van der Waals surface area contributed by atoms with Crippen LogP contribution in [0.3, 0.4) is 0 Å². The van der Waals surface area contributed by atoms with Gasteiger partial charge in [-0.25, -0.2) is 4.98 Å². The lowest BCUT2D eigenvalue weighted by atomic mass is 10.1. The van der Waals surface area contributed by atoms with Crippen molar-refractivity contribution in [2.75, 3.05) is 5.32 Å². The molecule has 0 aliphatic rings. The summed E-state index contributed by atoms with van der Waals surface area (Å²) in [6.45, 7) is 4.58. The highest BCUT2D eigenvalue weighted by Crippen LogP contribution is 2.18. The molecule has 0 amide bonds. The minimum Gasteiger partial charge on any atom is -0.349 e. The molecular weight excluding hydrogens is 340 g/mol. The van der Waals surface area contributed by atoms with Gasteiger partial charge < -0.3 is 5.32 Å².